The predicted molar refractivity (Wildman–Crippen MR) is 271 cm³/mol. The minimum Gasteiger partial charge on any atom is -0.497 e. The zero-order valence-electron chi connectivity index (χ0n) is 39.6. The minimum atomic E-state index is -0.504. The fourth-order valence-electron chi connectivity index (χ4n) is 13.5. The Balaban J connectivity index is 1.23. The molecule has 342 valence electrons. The Morgan fingerprint density at radius 1 is 0.687 bits per heavy atom. The number of hydrogen-bond donors (Lipinski definition) is 0. The summed E-state index contributed by atoms with van der Waals surface area (Å²) in [6, 6.07) is 40.9. The van der Waals surface area contributed by atoms with E-state index < -0.39 is 5.41 Å². The molecule has 9 nitrogen and oxygen atoms in total. The van der Waals surface area contributed by atoms with E-state index in [9.17, 15) is 5.53 Å². The highest BCUT2D eigenvalue weighted by atomic mass is 16.5. The Labute approximate surface area is 394 Å². The number of ether oxygens (including phenoxy) is 4. The maximum absolute atomic E-state index is 9.71. The van der Waals surface area contributed by atoms with Crippen LogP contribution in [-0.2, 0) is 26.7 Å². The van der Waals surface area contributed by atoms with Gasteiger partial charge in [-0.3, -0.25) is 0 Å². The molecule has 5 aliphatic rings. The van der Waals surface area contributed by atoms with Crippen LogP contribution in [0.2, 0.25) is 0 Å². The number of methoxy groups -OCH3 is 2. The number of anilines is 2. The van der Waals surface area contributed by atoms with Crippen molar-refractivity contribution < 1.29 is 18.9 Å². The van der Waals surface area contributed by atoms with Gasteiger partial charge in [-0.25, -0.2) is 0 Å². The lowest BCUT2D eigenvalue weighted by Crippen LogP contribution is -2.46. The average molecular weight is 892 g/mol. The molecule has 9 heteroatoms. The van der Waals surface area contributed by atoms with E-state index in [1.807, 2.05) is 0 Å². The summed E-state index contributed by atoms with van der Waals surface area (Å²) in [6.07, 6.45) is 8.59. The number of benzene rings is 6. The Hall–Kier alpha value is -6.25. The number of nitrogens with zero attached hydrogens (tertiary/aromatic N) is 5. The number of rotatable bonds is 9. The van der Waals surface area contributed by atoms with Gasteiger partial charge in [0.15, 0.2) is 0 Å². The van der Waals surface area contributed by atoms with Crippen LogP contribution in [0.3, 0.4) is 0 Å². The maximum atomic E-state index is 9.71. The first-order chi connectivity index (χ1) is 32.6. The van der Waals surface area contributed by atoms with Gasteiger partial charge in [0.05, 0.1) is 40.6 Å². The third-order valence-electron chi connectivity index (χ3n) is 15.8. The van der Waals surface area contributed by atoms with Crippen molar-refractivity contribution >= 4 is 28.2 Å². The van der Waals surface area contributed by atoms with Gasteiger partial charge in [-0.05, 0) is 151 Å². The van der Waals surface area contributed by atoms with E-state index in [0.717, 1.165) is 76.6 Å². The maximum Gasteiger partial charge on any atom is 0.118 e. The molecule has 2 atom stereocenters. The second-order valence-electron chi connectivity index (χ2n) is 20.8. The molecule has 6 aromatic carbocycles. The molecule has 2 heterocycles. The smallest absolute Gasteiger partial charge is 0.118 e. The third-order valence-corrected chi connectivity index (χ3v) is 15.8. The van der Waals surface area contributed by atoms with Crippen molar-refractivity contribution in [3.63, 3.8) is 0 Å². The van der Waals surface area contributed by atoms with Crippen LogP contribution in [0.5, 0.6) is 11.5 Å². The third kappa shape index (κ3) is 7.34. The molecule has 3 aliphatic carbocycles. The van der Waals surface area contributed by atoms with Gasteiger partial charge in [-0.2, -0.15) is 0 Å². The summed E-state index contributed by atoms with van der Waals surface area (Å²) < 4.78 is 23.1. The molecule has 6 aromatic rings. The van der Waals surface area contributed by atoms with Gasteiger partial charge < -0.3 is 28.7 Å². The predicted octanol–water partition coefficient (Wildman–Crippen LogP) is 12.5. The molecule has 0 bridgehead atoms. The van der Waals surface area contributed by atoms with Crippen LogP contribution >= 0.6 is 0 Å². The second kappa shape index (κ2) is 16.8. The zero-order valence-corrected chi connectivity index (χ0v) is 39.6. The second-order valence-corrected chi connectivity index (χ2v) is 20.8. The normalized spacial score (nSPS) is 22.5. The van der Waals surface area contributed by atoms with Gasteiger partial charge in [-0.15, -0.1) is 0 Å². The molecule has 0 aromatic heterocycles. The van der Waals surface area contributed by atoms with Crippen molar-refractivity contribution in [1.82, 2.24) is 0 Å². The lowest BCUT2D eigenvalue weighted by atomic mass is 9.51. The highest BCUT2D eigenvalue weighted by Gasteiger charge is 2.56. The molecule has 1 spiro atoms. The van der Waals surface area contributed by atoms with Crippen LogP contribution in [0.1, 0.15) is 73.4 Å². The quantitative estimate of drug-likeness (QED) is 0.0815. The van der Waals surface area contributed by atoms with Gasteiger partial charge in [0, 0.05) is 65.4 Å². The molecular weight excluding hydrogens is 831 g/mol. The minimum absolute atomic E-state index is 0.0287. The van der Waals surface area contributed by atoms with E-state index in [1.165, 1.54) is 77.8 Å². The van der Waals surface area contributed by atoms with Gasteiger partial charge >= 0.3 is 0 Å². The largest absolute Gasteiger partial charge is 0.497 e. The van der Waals surface area contributed by atoms with Crippen molar-refractivity contribution in [3.8, 4) is 33.8 Å². The molecule has 3 fully saturated rings. The fourth-order valence-corrected chi connectivity index (χ4v) is 13.5. The highest BCUT2D eigenvalue weighted by molar-refractivity contribution is 6.10. The van der Waals surface area contributed by atoms with E-state index in [-0.39, 0.29) is 16.2 Å². The van der Waals surface area contributed by atoms with Gasteiger partial charge in [0.1, 0.15) is 11.5 Å². The lowest BCUT2D eigenvalue weighted by molar-refractivity contribution is 0.0572. The number of morpholine rings is 2. The Morgan fingerprint density at radius 2 is 1.31 bits per heavy atom. The molecule has 2 aliphatic heterocycles. The van der Waals surface area contributed by atoms with E-state index in [2.05, 4.69) is 162 Å². The molecule has 1 saturated carbocycles. The van der Waals surface area contributed by atoms with Crippen LogP contribution in [0.25, 0.3) is 49.5 Å². The van der Waals surface area contributed by atoms with E-state index in [1.54, 1.807) is 14.2 Å². The number of hydrogen-bond acceptors (Lipinski definition) is 7. The highest BCUT2D eigenvalue weighted by Crippen LogP contribution is 2.66. The molecule has 0 N–H and O–H groups in total. The fraction of sp³-hybridized carbons (Fsp3) is 0.379. The molecular formula is C58H61N5O4. The summed E-state index contributed by atoms with van der Waals surface area (Å²) in [5.74, 6) is 1.67. The first-order valence-electron chi connectivity index (χ1n) is 24.1. The Kier molecular flexibility index (Phi) is 10.9. The topological polar surface area (TPSA) is 92.2 Å². The van der Waals surface area contributed by atoms with Crippen molar-refractivity contribution in [2.75, 3.05) is 83.2 Å². The van der Waals surface area contributed by atoms with E-state index in [0.29, 0.717) is 19.8 Å². The SMILES string of the molecule is COc1ccc(C2(c3ccc(OC)cc3)C=Cc3c4c(c5cc(N6CCOCC6)c(-c6ccc(N7CCOCC7)cc6)cc5c3C2)-c2ccccc2C42CC(C)(C)CC(C)(CN=[N+]=[N-])C2)cc1. The molecule has 0 radical (unpaired) electrons. The molecule has 11 rings (SSSR count). The summed E-state index contributed by atoms with van der Waals surface area (Å²) in [5.41, 5.74) is 24.2. The number of azide groups is 1. The van der Waals surface area contributed by atoms with Gasteiger partial charge in [0.2, 0.25) is 0 Å². The standard InChI is InChI=1S/C58H61N5O4/c1-55(2)35-56(3,38-60-61-59)37-58(36-55)51-9-7-6-8-46(51)53-49-33-52(63-26-30-67-31-27-63)47(39-10-16-42(17-11-39)62-24-28-66-29-25-62)32-48(49)50-34-57(23-22-45(50)54(53)58,40-12-18-43(64-4)19-13-40)41-14-20-44(65-5)21-15-41/h6-23,32-33H,24-31,34-38H2,1-5H3. The summed E-state index contributed by atoms with van der Waals surface area (Å²) in [4.78, 5) is 8.31. The van der Waals surface area contributed by atoms with Gasteiger partial charge in [-0.1, -0.05) is 98.7 Å². The summed E-state index contributed by atoms with van der Waals surface area (Å²) in [5, 5.41) is 6.88. The van der Waals surface area contributed by atoms with E-state index >= 15 is 0 Å². The van der Waals surface area contributed by atoms with Crippen LogP contribution < -0.4 is 19.3 Å². The van der Waals surface area contributed by atoms with Crippen molar-refractivity contribution in [3.05, 3.63) is 159 Å². The van der Waals surface area contributed by atoms with Crippen LogP contribution in [-0.4, -0.2) is 73.4 Å². The molecule has 2 unspecified atom stereocenters. The van der Waals surface area contributed by atoms with Crippen LogP contribution in [0.4, 0.5) is 11.4 Å². The lowest BCUT2D eigenvalue weighted by Gasteiger charge is -2.53. The van der Waals surface area contributed by atoms with Crippen molar-refractivity contribution in [1.29, 1.82) is 0 Å². The molecule has 2 saturated heterocycles. The summed E-state index contributed by atoms with van der Waals surface area (Å²) >= 11 is 0. The summed E-state index contributed by atoms with van der Waals surface area (Å²) in [6.45, 7) is 14.0. The first kappa shape index (κ1) is 43.3. The van der Waals surface area contributed by atoms with Crippen LogP contribution in [0.15, 0.2) is 120 Å². The first-order valence-corrected chi connectivity index (χ1v) is 24.1. The van der Waals surface area contributed by atoms with Crippen molar-refractivity contribution in [2.45, 2.75) is 57.3 Å². The summed E-state index contributed by atoms with van der Waals surface area (Å²) in [7, 11) is 3.46. The monoisotopic (exact) mass is 891 g/mol. The zero-order chi connectivity index (χ0) is 46.0. The number of allylic oxidation sites excluding steroid dienone is 1. The number of fused-ring (bicyclic) bond motifs is 10. The van der Waals surface area contributed by atoms with Crippen LogP contribution in [0, 0.1) is 10.8 Å². The molecule has 0 amide bonds. The Morgan fingerprint density at radius 3 is 1.94 bits per heavy atom. The molecule has 67 heavy (non-hydrogen) atoms. The average Bonchev–Trinajstić information content (AvgIpc) is 3.63. The van der Waals surface area contributed by atoms with Crippen molar-refractivity contribution in [2.24, 2.45) is 15.9 Å². The van der Waals surface area contributed by atoms with Gasteiger partial charge in [0.25, 0.3) is 0 Å². The Bertz CT molecular complexity index is 2880. The van der Waals surface area contributed by atoms with E-state index in [4.69, 9.17) is 18.9 Å².